The molecule has 1 aromatic rings. The first-order chi connectivity index (χ1) is 10.1. The van der Waals surface area contributed by atoms with Gasteiger partial charge in [0, 0.05) is 6.08 Å². The van der Waals surface area contributed by atoms with Crippen molar-refractivity contribution in [1.29, 1.82) is 5.26 Å². The Balaban J connectivity index is 2.63. The number of carbonyl (C=O) groups excluding carboxylic acids is 2. The molecule has 0 aliphatic rings. The van der Waals surface area contributed by atoms with Crippen LogP contribution in [-0.4, -0.2) is 18.0 Å². The van der Waals surface area contributed by atoms with E-state index in [0.717, 1.165) is 0 Å². The van der Waals surface area contributed by atoms with Crippen LogP contribution in [0.25, 0.3) is 0 Å². The minimum absolute atomic E-state index is 0.345. The molecule has 1 amide bonds. The van der Waals surface area contributed by atoms with Gasteiger partial charge in [0.25, 0.3) is 5.91 Å². The van der Waals surface area contributed by atoms with Crippen LogP contribution in [0.1, 0.15) is 19.4 Å². The first-order valence-corrected chi connectivity index (χ1v) is 6.38. The van der Waals surface area contributed by atoms with Crippen LogP contribution in [0.3, 0.4) is 0 Å². The lowest BCUT2D eigenvalue weighted by molar-refractivity contribution is -0.148. The Morgan fingerprint density at radius 1 is 1.33 bits per heavy atom. The van der Waals surface area contributed by atoms with Crippen LogP contribution in [-0.2, 0) is 14.3 Å². The summed E-state index contributed by atoms with van der Waals surface area (Å²) in [4.78, 5) is 23.3. The molecule has 0 saturated heterocycles. The molecule has 0 radical (unpaired) electrons. The average Bonchev–Trinajstić information content (AvgIpc) is 2.48. The van der Waals surface area contributed by atoms with Gasteiger partial charge in [0.1, 0.15) is 6.07 Å². The third-order valence-corrected chi connectivity index (χ3v) is 2.50. The molecule has 0 fully saturated rings. The number of para-hydroxylation sites is 1. The van der Waals surface area contributed by atoms with Crippen molar-refractivity contribution in [3.05, 3.63) is 54.1 Å². The molecular formula is C16H16N2O3. The normalized spacial score (nSPS) is 12.0. The van der Waals surface area contributed by atoms with Crippen molar-refractivity contribution in [1.82, 2.24) is 0 Å². The van der Waals surface area contributed by atoms with Crippen molar-refractivity contribution < 1.29 is 14.3 Å². The summed E-state index contributed by atoms with van der Waals surface area (Å²) in [6.07, 6.45) is 5.23. The summed E-state index contributed by atoms with van der Waals surface area (Å²) in [6, 6.07) is 8.57. The smallest absolute Gasteiger partial charge is 0.331 e. The summed E-state index contributed by atoms with van der Waals surface area (Å²) in [6.45, 7) is 3.28. The van der Waals surface area contributed by atoms with Crippen molar-refractivity contribution in [3.8, 4) is 6.07 Å². The van der Waals surface area contributed by atoms with Crippen molar-refractivity contribution in [3.63, 3.8) is 0 Å². The van der Waals surface area contributed by atoms with Gasteiger partial charge in [-0.15, -0.1) is 0 Å². The fourth-order valence-corrected chi connectivity index (χ4v) is 1.44. The monoisotopic (exact) mass is 284 g/mol. The topological polar surface area (TPSA) is 79.2 Å². The highest BCUT2D eigenvalue weighted by atomic mass is 16.5. The van der Waals surface area contributed by atoms with E-state index in [9.17, 15) is 9.59 Å². The van der Waals surface area contributed by atoms with Crippen molar-refractivity contribution >= 4 is 17.6 Å². The molecule has 1 rings (SSSR count). The molecule has 0 saturated carbocycles. The number of anilines is 1. The number of esters is 1. The van der Waals surface area contributed by atoms with Crippen LogP contribution in [0.5, 0.6) is 0 Å². The number of benzene rings is 1. The molecule has 5 heteroatoms. The highest BCUT2D eigenvalue weighted by molar-refractivity contribution is 5.96. The molecule has 0 aliphatic heterocycles. The Hall–Kier alpha value is -2.87. The van der Waals surface area contributed by atoms with Crippen LogP contribution in [0.2, 0.25) is 0 Å². The summed E-state index contributed by atoms with van der Waals surface area (Å²) >= 11 is 0. The average molecular weight is 284 g/mol. The van der Waals surface area contributed by atoms with Gasteiger partial charge in [-0.3, -0.25) is 4.79 Å². The zero-order valence-electron chi connectivity index (χ0n) is 11.9. The molecule has 0 aromatic heterocycles. The number of hydrogen-bond acceptors (Lipinski definition) is 4. The second kappa shape index (κ2) is 8.33. The van der Waals surface area contributed by atoms with Gasteiger partial charge in [0.2, 0.25) is 0 Å². The second-order valence-electron chi connectivity index (χ2n) is 4.11. The summed E-state index contributed by atoms with van der Waals surface area (Å²) in [7, 11) is 0. The maximum atomic E-state index is 11.9. The Morgan fingerprint density at radius 2 is 2.05 bits per heavy atom. The lowest BCUT2D eigenvalue weighted by Crippen LogP contribution is -2.29. The first kappa shape index (κ1) is 16.2. The number of ether oxygens (including phenoxy) is 1. The maximum Gasteiger partial charge on any atom is 0.331 e. The molecule has 0 bridgehead atoms. The number of amides is 1. The van der Waals surface area contributed by atoms with Crippen molar-refractivity contribution in [2.45, 2.75) is 20.0 Å². The number of nitriles is 1. The minimum atomic E-state index is -0.959. The maximum absolute atomic E-state index is 11.9. The van der Waals surface area contributed by atoms with Crippen LogP contribution >= 0.6 is 0 Å². The Kier molecular flexibility index (Phi) is 6.42. The molecule has 1 N–H and O–H groups in total. The predicted octanol–water partition coefficient (Wildman–Crippen LogP) is 2.56. The lowest BCUT2D eigenvalue weighted by atomic mass is 10.2. The third kappa shape index (κ3) is 5.33. The van der Waals surface area contributed by atoms with E-state index in [0.29, 0.717) is 11.3 Å². The van der Waals surface area contributed by atoms with Gasteiger partial charge in [-0.25, -0.2) is 4.79 Å². The van der Waals surface area contributed by atoms with Crippen LogP contribution < -0.4 is 5.32 Å². The van der Waals surface area contributed by atoms with Gasteiger partial charge in [-0.05, 0) is 26.0 Å². The van der Waals surface area contributed by atoms with Gasteiger partial charge in [0.15, 0.2) is 6.10 Å². The zero-order valence-corrected chi connectivity index (χ0v) is 11.9. The number of nitrogens with zero attached hydrogens (tertiary/aromatic N) is 1. The number of carbonyl (C=O) groups is 2. The number of nitrogens with one attached hydrogen (secondary N) is 1. The third-order valence-electron chi connectivity index (χ3n) is 2.50. The minimum Gasteiger partial charge on any atom is -0.449 e. The zero-order chi connectivity index (χ0) is 15.7. The highest BCUT2D eigenvalue weighted by Crippen LogP contribution is 2.14. The molecule has 0 heterocycles. The first-order valence-electron chi connectivity index (χ1n) is 6.38. The molecule has 108 valence electrons. The van der Waals surface area contributed by atoms with Gasteiger partial charge in [-0.1, -0.05) is 30.4 Å². The summed E-state index contributed by atoms with van der Waals surface area (Å²) in [5, 5.41) is 11.5. The number of rotatable bonds is 5. The van der Waals surface area contributed by atoms with Crippen LogP contribution in [0.4, 0.5) is 5.69 Å². The van der Waals surface area contributed by atoms with Crippen LogP contribution in [0, 0.1) is 11.3 Å². The van der Waals surface area contributed by atoms with Gasteiger partial charge >= 0.3 is 5.97 Å². The second-order valence-corrected chi connectivity index (χ2v) is 4.11. The molecule has 0 aliphatic carbocycles. The van der Waals surface area contributed by atoms with Gasteiger partial charge < -0.3 is 10.1 Å². The molecule has 5 nitrogen and oxygen atoms in total. The number of allylic oxidation sites excluding steroid dienone is 3. The fourth-order valence-electron chi connectivity index (χ4n) is 1.44. The summed E-state index contributed by atoms with van der Waals surface area (Å²) < 4.78 is 4.95. The predicted molar refractivity (Wildman–Crippen MR) is 79.3 cm³/mol. The quantitative estimate of drug-likeness (QED) is 0.512. The SMILES string of the molecule is C/C=C/C=C/C(=O)O[C@@H](C)C(=O)Nc1ccccc1C#N. The summed E-state index contributed by atoms with van der Waals surface area (Å²) in [5.41, 5.74) is 0.731. The molecule has 0 unspecified atom stereocenters. The van der Waals surface area contributed by atoms with Crippen LogP contribution in [0.15, 0.2) is 48.6 Å². The van der Waals surface area contributed by atoms with E-state index in [1.807, 2.05) is 13.0 Å². The molecule has 21 heavy (non-hydrogen) atoms. The van der Waals surface area contributed by atoms with Gasteiger partial charge in [-0.2, -0.15) is 5.26 Å². The summed E-state index contributed by atoms with van der Waals surface area (Å²) in [5.74, 6) is -1.10. The largest absolute Gasteiger partial charge is 0.449 e. The van der Waals surface area contributed by atoms with E-state index in [-0.39, 0.29) is 0 Å². The highest BCUT2D eigenvalue weighted by Gasteiger charge is 2.17. The fraction of sp³-hybridized carbons (Fsp3) is 0.188. The van der Waals surface area contributed by atoms with E-state index < -0.39 is 18.0 Å². The Labute approximate surface area is 123 Å². The number of hydrogen-bond donors (Lipinski definition) is 1. The molecule has 1 atom stereocenters. The molecular weight excluding hydrogens is 268 g/mol. The van der Waals surface area contributed by atoms with Crippen molar-refractivity contribution in [2.75, 3.05) is 5.32 Å². The Bertz CT molecular complexity index is 612. The lowest BCUT2D eigenvalue weighted by Gasteiger charge is -2.12. The standard InChI is InChI=1S/C16H16N2O3/c1-3-4-5-10-15(19)21-12(2)16(20)18-14-9-7-6-8-13(14)11-17/h3-10,12H,1-2H3,(H,18,20)/b4-3+,10-5+/t12-/m0/s1. The van der Waals surface area contributed by atoms with E-state index in [4.69, 9.17) is 10.00 Å². The molecule has 0 spiro atoms. The molecule has 1 aromatic carbocycles. The van der Waals surface area contributed by atoms with E-state index in [1.165, 1.54) is 19.1 Å². The van der Waals surface area contributed by atoms with Crippen molar-refractivity contribution in [2.24, 2.45) is 0 Å². The van der Waals surface area contributed by atoms with E-state index in [2.05, 4.69) is 5.32 Å². The Morgan fingerprint density at radius 3 is 2.71 bits per heavy atom. The van der Waals surface area contributed by atoms with E-state index in [1.54, 1.807) is 36.4 Å². The van der Waals surface area contributed by atoms with Gasteiger partial charge in [0.05, 0.1) is 11.3 Å². The van der Waals surface area contributed by atoms with E-state index >= 15 is 0 Å².